The second kappa shape index (κ2) is 6.73. The molecule has 1 aromatic rings. The molecule has 0 bridgehead atoms. The summed E-state index contributed by atoms with van der Waals surface area (Å²) in [4.78, 5) is 2.40. The molecule has 0 heterocycles. The minimum absolute atomic E-state index is 0.00875. The molecule has 1 unspecified atom stereocenters. The summed E-state index contributed by atoms with van der Waals surface area (Å²) in [6.07, 6.45) is 5.23. The lowest BCUT2D eigenvalue weighted by atomic mass is 9.86. The van der Waals surface area contributed by atoms with E-state index < -0.39 is 0 Å². The summed E-state index contributed by atoms with van der Waals surface area (Å²) in [6, 6.07) is 13.3. The van der Waals surface area contributed by atoms with Gasteiger partial charge in [-0.2, -0.15) is 5.26 Å². The fraction of sp³-hybridized carbons (Fsp3) is 0.588. The number of likely N-dealkylation sites (N-methyl/N-ethyl adjacent to an activating group) is 1. The molecule has 1 saturated carbocycles. The number of hydrogen-bond donors (Lipinski definition) is 0. The molecular weight excluding hydrogens is 232 g/mol. The van der Waals surface area contributed by atoms with E-state index in [1.54, 1.807) is 0 Å². The van der Waals surface area contributed by atoms with Gasteiger partial charge < -0.3 is 4.90 Å². The Morgan fingerprint density at radius 2 is 1.84 bits per heavy atom. The highest BCUT2D eigenvalue weighted by Crippen LogP contribution is 2.27. The van der Waals surface area contributed by atoms with Crippen molar-refractivity contribution in [1.82, 2.24) is 4.90 Å². The summed E-state index contributed by atoms with van der Waals surface area (Å²) in [5.41, 5.74) is 1.14. The predicted molar refractivity (Wildman–Crippen MR) is 78.8 cm³/mol. The van der Waals surface area contributed by atoms with Gasteiger partial charge in [0.25, 0.3) is 0 Å². The van der Waals surface area contributed by atoms with Crippen LogP contribution in [-0.2, 0) is 0 Å². The zero-order valence-corrected chi connectivity index (χ0v) is 12.0. The Kier molecular flexibility index (Phi) is 4.99. The van der Waals surface area contributed by atoms with Crippen molar-refractivity contribution >= 4 is 0 Å². The highest BCUT2D eigenvalue weighted by Gasteiger charge is 2.23. The van der Waals surface area contributed by atoms with Crippen LogP contribution >= 0.6 is 0 Å². The van der Waals surface area contributed by atoms with E-state index >= 15 is 0 Å². The average molecular weight is 256 g/mol. The third kappa shape index (κ3) is 3.81. The van der Waals surface area contributed by atoms with Crippen molar-refractivity contribution in [2.45, 2.75) is 44.6 Å². The molecule has 0 aromatic heterocycles. The maximum absolute atomic E-state index is 9.39. The van der Waals surface area contributed by atoms with Crippen LogP contribution in [0.15, 0.2) is 30.3 Å². The Morgan fingerprint density at radius 1 is 1.21 bits per heavy atom. The van der Waals surface area contributed by atoms with Crippen molar-refractivity contribution in [3.63, 3.8) is 0 Å². The van der Waals surface area contributed by atoms with Crippen molar-refractivity contribution in [3.05, 3.63) is 35.9 Å². The summed E-state index contributed by atoms with van der Waals surface area (Å²) in [6.45, 7) is 3.19. The van der Waals surface area contributed by atoms with Gasteiger partial charge >= 0.3 is 0 Å². The molecule has 1 aliphatic carbocycles. The summed E-state index contributed by atoms with van der Waals surface area (Å²) in [5, 5.41) is 9.39. The van der Waals surface area contributed by atoms with Gasteiger partial charge in [-0.05, 0) is 44.2 Å². The lowest BCUT2D eigenvalue weighted by molar-refractivity contribution is 0.168. The minimum atomic E-state index is -0.00875. The first kappa shape index (κ1) is 14.1. The van der Waals surface area contributed by atoms with Crippen LogP contribution in [-0.4, -0.2) is 24.5 Å². The molecule has 0 amide bonds. The van der Waals surface area contributed by atoms with Gasteiger partial charge in [-0.25, -0.2) is 0 Å². The van der Waals surface area contributed by atoms with Crippen molar-refractivity contribution < 1.29 is 0 Å². The fourth-order valence-corrected chi connectivity index (χ4v) is 3.03. The Bertz CT molecular complexity index is 413. The fourth-order valence-electron chi connectivity index (χ4n) is 3.03. The molecule has 1 aromatic carbocycles. The van der Waals surface area contributed by atoms with Crippen LogP contribution in [0.2, 0.25) is 0 Å². The molecule has 0 saturated heterocycles. The van der Waals surface area contributed by atoms with Crippen molar-refractivity contribution in [2.75, 3.05) is 13.6 Å². The third-order valence-electron chi connectivity index (χ3n) is 4.44. The number of hydrogen-bond acceptors (Lipinski definition) is 2. The third-order valence-corrected chi connectivity index (χ3v) is 4.44. The highest BCUT2D eigenvalue weighted by atomic mass is 15.1. The Balaban J connectivity index is 1.94. The van der Waals surface area contributed by atoms with Gasteiger partial charge in [-0.1, -0.05) is 37.3 Å². The van der Waals surface area contributed by atoms with Crippen molar-refractivity contribution in [1.29, 1.82) is 5.26 Å². The first-order valence-corrected chi connectivity index (χ1v) is 7.35. The highest BCUT2D eigenvalue weighted by molar-refractivity contribution is 5.25. The van der Waals surface area contributed by atoms with E-state index in [0.717, 1.165) is 18.0 Å². The largest absolute Gasteiger partial charge is 0.302 e. The van der Waals surface area contributed by atoms with E-state index in [1.165, 1.54) is 25.7 Å². The molecule has 102 valence electrons. The molecule has 0 radical (unpaired) electrons. The van der Waals surface area contributed by atoms with Gasteiger partial charge in [0.15, 0.2) is 0 Å². The lowest BCUT2D eigenvalue weighted by Crippen LogP contribution is -2.37. The molecule has 0 aliphatic heterocycles. The summed E-state index contributed by atoms with van der Waals surface area (Å²) >= 11 is 0. The van der Waals surface area contributed by atoms with E-state index in [1.807, 2.05) is 18.2 Å². The van der Waals surface area contributed by atoms with Gasteiger partial charge in [0.1, 0.15) is 0 Å². The van der Waals surface area contributed by atoms with Crippen LogP contribution in [0.3, 0.4) is 0 Å². The minimum Gasteiger partial charge on any atom is -0.302 e. The zero-order valence-electron chi connectivity index (χ0n) is 12.0. The van der Waals surface area contributed by atoms with Gasteiger partial charge in [0.2, 0.25) is 0 Å². The van der Waals surface area contributed by atoms with E-state index in [-0.39, 0.29) is 5.92 Å². The van der Waals surface area contributed by atoms with Crippen molar-refractivity contribution in [3.8, 4) is 6.07 Å². The standard InChI is InChI=1S/C17H24N2/c1-14-8-10-17(11-9-14)19(2)13-16(12-18)15-6-4-3-5-7-15/h3-7,14,16-17H,8-11,13H2,1-2H3. The number of nitrogens with zero attached hydrogens (tertiary/aromatic N) is 2. The van der Waals surface area contributed by atoms with E-state index in [0.29, 0.717) is 6.04 Å². The molecule has 2 nitrogen and oxygen atoms in total. The van der Waals surface area contributed by atoms with Crippen LogP contribution in [0.4, 0.5) is 0 Å². The SMILES string of the molecule is CC1CCC(N(C)CC(C#N)c2ccccc2)CC1. The monoisotopic (exact) mass is 256 g/mol. The van der Waals surface area contributed by atoms with Gasteiger partial charge in [-0.3, -0.25) is 0 Å². The molecule has 0 spiro atoms. The second-order valence-corrected chi connectivity index (χ2v) is 5.95. The van der Waals surface area contributed by atoms with Gasteiger partial charge in [0.05, 0.1) is 12.0 Å². The van der Waals surface area contributed by atoms with Crippen LogP contribution in [0.25, 0.3) is 0 Å². The molecular formula is C17H24N2. The topological polar surface area (TPSA) is 27.0 Å². The average Bonchev–Trinajstić information content (AvgIpc) is 2.46. The van der Waals surface area contributed by atoms with Crippen LogP contribution in [0, 0.1) is 17.2 Å². The quantitative estimate of drug-likeness (QED) is 0.819. The van der Waals surface area contributed by atoms with E-state index in [9.17, 15) is 5.26 Å². The Labute approximate surface area is 117 Å². The molecule has 1 atom stereocenters. The second-order valence-electron chi connectivity index (χ2n) is 5.95. The molecule has 2 heteroatoms. The number of rotatable bonds is 4. The molecule has 19 heavy (non-hydrogen) atoms. The van der Waals surface area contributed by atoms with Crippen molar-refractivity contribution in [2.24, 2.45) is 5.92 Å². The maximum Gasteiger partial charge on any atom is 0.0839 e. The summed E-state index contributed by atoms with van der Waals surface area (Å²) in [7, 11) is 2.17. The smallest absolute Gasteiger partial charge is 0.0839 e. The van der Waals surface area contributed by atoms with Gasteiger partial charge in [0, 0.05) is 12.6 Å². The Morgan fingerprint density at radius 3 is 2.42 bits per heavy atom. The zero-order chi connectivity index (χ0) is 13.7. The normalized spacial score (nSPS) is 24.9. The number of benzene rings is 1. The van der Waals surface area contributed by atoms with E-state index in [4.69, 9.17) is 0 Å². The van der Waals surface area contributed by atoms with Crippen LogP contribution in [0.5, 0.6) is 0 Å². The van der Waals surface area contributed by atoms with Crippen LogP contribution < -0.4 is 0 Å². The van der Waals surface area contributed by atoms with Crippen LogP contribution in [0.1, 0.15) is 44.1 Å². The number of nitriles is 1. The molecule has 1 aliphatic rings. The molecule has 2 rings (SSSR count). The first-order valence-electron chi connectivity index (χ1n) is 7.35. The van der Waals surface area contributed by atoms with Gasteiger partial charge in [-0.15, -0.1) is 0 Å². The first-order chi connectivity index (χ1) is 9.20. The maximum atomic E-state index is 9.39. The summed E-state index contributed by atoms with van der Waals surface area (Å²) < 4.78 is 0. The Hall–Kier alpha value is -1.33. The summed E-state index contributed by atoms with van der Waals surface area (Å²) in [5.74, 6) is 0.871. The lowest BCUT2D eigenvalue weighted by Gasteiger charge is -2.34. The predicted octanol–water partition coefficient (Wildman–Crippen LogP) is 3.80. The van der Waals surface area contributed by atoms with E-state index in [2.05, 4.69) is 37.1 Å². The molecule has 1 fully saturated rings. The molecule has 0 N–H and O–H groups in total.